The van der Waals surface area contributed by atoms with Crippen LogP contribution in [-0.2, 0) is 0 Å². The molecule has 5 rings (SSSR count). The number of aryl methyl sites for hydroxylation is 1. The number of fused-ring (bicyclic) bond motifs is 2. The molecule has 0 spiro atoms. The van der Waals surface area contributed by atoms with E-state index >= 15 is 0 Å². The lowest BCUT2D eigenvalue weighted by molar-refractivity contribution is 0.881. The standard InChI is InChI=1S/C18H13N7O/c1-9-6-16(26)12-7-10(2-4-13(12)19-9)17-20-14-5-3-11(8-15(14)21-17)18-22-24-25-23-18/h2-8H,1H3,(H,19,26)(H,20,21)(H,22,23,24,25). The van der Waals surface area contributed by atoms with Gasteiger partial charge in [-0.2, -0.15) is 5.21 Å². The van der Waals surface area contributed by atoms with Crippen LogP contribution in [0.3, 0.4) is 0 Å². The molecule has 26 heavy (non-hydrogen) atoms. The summed E-state index contributed by atoms with van der Waals surface area (Å²) in [6.07, 6.45) is 0. The first-order valence-corrected chi connectivity index (χ1v) is 8.05. The van der Waals surface area contributed by atoms with Crippen molar-refractivity contribution in [2.45, 2.75) is 6.92 Å². The van der Waals surface area contributed by atoms with Gasteiger partial charge in [0.15, 0.2) is 5.43 Å². The molecule has 5 aromatic rings. The van der Waals surface area contributed by atoms with Crippen molar-refractivity contribution in [3.8, 4) is 22.8 Å². The number of aromatic amines is 3. The van der Waals surface area contributed by atoms with Crippen LogP contribution in [0.5, 0.6) is 0 Å². The summed E-state index contributed by atoms with van der Waals surface area (Å²) in [6, 6.07) is 13.0. The summed E-state index contributed by atoms with van der Waals surface area (Å²) < 4.78 is 0. The number of H-pyrrole nitrogens is 3. The van der Waals surface area contributed by atoms with E-state index in [4.69, 9.17) is 0 Å². The smallest absolute Gasteiger partial charge is 0.204 e. The maximum atomic E-state index is 12.3. The minimum atomic E-state index is -0.00592. The summed E-state index contributed by atoms with van der Waals surface area (Å²) in [5.74, 6) is 1.22. The Hall–Kier alpha value is -3.81. The maximum Gasteiger partial charge on any atom is 0.204 e. The van der Waals surface area contributed by atoms with E-state index in [1.165, 1.54) is 0 Å². The molecule has 0 fully saturated rings. The summed E-state index contributed by atoms with van der Waals surface area (Å²) >= 11 is 0. The highest BCUT2D eigenvalue weighted by Gasteiger charge is 2.10. The van der Waals surface area contributed by atoms with Gasteiger partial charge in [0, 0.05) is 33.8 Å². The number of benzene rings is 2. The van der Waals surface area contributed by atoms with Gasteiger partial charge in [0.05, 0.1) is 11.0 Å². The predicted octanol–water partition coefficient (Wildman–Crippen LogP) is 2.56. The van der Waals surface area contributed by atoms with Crippen LogP contribution in [-0.4, -0.2) is 35.6 Å². The van der Waals surface area contributed by atoms with Gasteiger partial charge >= 0.3 is 0 Å². The quantitative estimate of drug-likeness (QED) is 0.455. The summed E-state index contributed by atoms with van der Waals surface area (Å²) in [4.78, 5) is 23.4. The summed E-state index contributed by atoms with van der Waals surface area (Å²) in [5, 5.41) is 14.6. The van der Waals surface area contributed by atoms with Gasteiger partial charge in [0.1, 0.15) is 5.82 Å². The summed E-state index contributed by atoms with van der Waals surface area (Å²) in [6.45, 7) is 1.87. The number of rotatable bonds is 2. The molecule has 3 aromatic heterocycles. The lowest BCUT2D eigenvalue weighted by atomic mass is 10.1. The molecule has 0 aliphatic carbocycles. The molecule has 0 radical (unpaired) electrons. The van der Waals surface area contributed by atoms with E-state index in [2.05, 4.69) is 35.6 Å². The monoisotopic (exact) mass is 343 g/mol. The van der Waals surface area contributed by atoms with Gasteiger partial charge < -0.3 is 9.97 Å². The Labute approximate surface area is 146 Å². The zero-order valence-electron chi connectivity index (χ0n) is 13.7. The van der Waals surface area contributed by atoms with Crippen molar-refractivity contribution >= 4 is 21.9 Å². The highest BCUT2D eigenvalue weighted by Crippen LogP contribution is 2.25. The van der Waals surface area contributed by atoms with E-state index in [9.17, 15) is 4.79 Å². The van der Waals surface area contributed by atoms with Crippen LogP contribution >= 0.6 is 0 Å². The van der Waals surface area contributed by atoms with E-state index in [0.29, 0.717) is 17.0 Å². The molecule has 8 heteroatoms. The zero-order chi connectivity index (χ0) is 17.7. The van der Waals surface area contributed by atoms with E-state index < -0.39 is 0 Å². The number of nitrogens with one attached hydrogen (secondary N) is 3. The van der Waals surface area contributed by atoms with Crippen LogP contribution in [0.15, 0.2) is 47.3 Å². The van der Waals surface area contributed by atoms with Crippen molar-refractivity contribution in [3.63, 3.8) is 0 Å². The average molecular weight is 343 g/mol. The number of pyridine rings is 1. The fourth-order valence-corrected chi connectivity index (χ4v) is 3.10. The van der Waals surface area contributed by atoms with Crippen LogP contribution in [0.2, 0.25) is 0 Å². The molecule has 2 aromatic carbocycles. The van der Waals surface area contributed by atoms with Crippen LogP contribution in [0, 0.1) is 6.92 Å². The van der Waals surface area contributed by atoms with Gasteiger partial charge in [-0.25, -0.2) is 4.98 Å². The molecule has 0 aliphatic rings. The Kier molecular flexibility index (Phi) is 2.99. The minimum Gasteiger partial charge on any atom is -0.358 e. The van der Waals surface area contributed by atoms with E-state index in [1.807, 2.05) is 43.3 Å². The second-order valence-electron chi connectivity index (χ2n) is 6.13. The van der Waals surface area contributed by atoms with E-state index in [-0.39, 0.29) is 5.43 Å². The Balaban J connectivity index is 1.64. The Bertz CT molecular complexity index is 1310. The third-order valence-corrected chi connectivity index (χ3v) is 4.32. The lowest BCUT2D eigenvalue weighted by Crippen LogP contribution is -2.03. The molecule has 0 saturated carbocycles. The topological polar surface area (TPSA) is 116 Å². The number of hydrogen-bond donors (Lipinski definition) is 3. The predicted molar refractivity (Wildman–Crippen MR) is 97.6 cm³/mol. The molecule has 0 aliphatic heterocycles. The minimum absolute atomic E-state index is 0.00592. The third-order valence-electron chi connectivity index (χ3n) is 4.32. The molecular weight excluding hydrogens is 330 g/mol. The van der Waals surface area contributed by atoms with Crippen molar-refractivity contribution in [1.82, 2.24) is 35.6 Å². The number of aromatic nitrogens is 7. The first-order chi connectivity index (χ1) is 12.7. The average Bonchev–Trinajstić information content (AvgIpc) is 3.30. The Morgan fingerprint density at radius 1 is 0.923 bits per heavy atom. The summed E-state index contributed by atoms with van der Waals surface area (Å²) in [7, 11) is 0. The first-order valence-electron chi connectivity index (χ1n) is 8.05. The molecule has 0 unspecified atom stereocenters. The van der Waals surface area contributed by atoms with Gasteiger partial charge in [-0.15, -0.1) is 10.2 Å². The SMILES string of the molecule is Cc1cc(=O)c2cc(-c3nc4ccc(-c5nn[nH]n5)cc4[nH]3)ccc2[nH]1. The van der Waals surface area contributed by atoms with E-state index in [0.717, 1.165) is 33.4 Å². The van der Waals surface area contributed by atoms with Gasteiger partial charge in [-0.3, -0.25) is 4.79 Å². The molecule has 8 nitrogen and oxygen atoms in total. The molecular formula is C18H13N7O. The Morgan fingerprint density at radius 2 is 1.81 bits per heavy atom. The van der Waals surface area contributed by atoms with Crippen molar-refractivity contribution in [3.05, 3.63) is 58.4 Å². The van der Waals surface area contributed by atoms with Crippen LogP contribution < -0.4 is 5.43 Å². The third kappa shape index (κ3) is 2.27. The number of hydrogen-bond acceptors (Lipinski definition) is 5. The number of tetrazole rings is 1. The molecule has 0 atom stereocenters. The van der Waals surface area contributed by atoms with Gasteiger partial charge in [0.25, 0.3) is 0 Å². The highest BCUT2D eigenvalue weighted by atomic mass is 16.1. The number of imidazole rings is 1. The largest absolute Gasteiger partial charge is 0.358 e. The second kappa shape index (κ2) is 5.35. The fourth-order valence-electron chi connectivity index (χ4n) is 3.10. The second-order valence-corrected chi connectivity index (χ2v) is 6.13. The molecule has 0 amide bonds. The van der Waals surface area contributed by atoms with Crippen LogP contribution in [0.1, 0.15) is 5.69 Å². The van der Waals surface area contributed by atoms with Crippen molar-refractivity contribution in [2.75, 3.05) is 0 Å². The van der Waals surface area contributed by atoms with Gasteiger partial charge in [-0.05, 0) is 48.5 Å². The molecule has 126 valence electrons. The maximum absolute atomic E-state index is 12.3. The Morgan fingerprint density at radius 3 is 2.65 bits per heavy atom. The fraction of sp³-hybridized carbons (Fsp3) is 0.0556. The van der Waals surface area contributed by atoms with Crippen LogP contribution in [0.25, 0.3) is 44.7 Å². The summed E-state index contributed by atoms with van der Waals surface area (Å²) in [5.41, 5.74) is 5.03. The highest BCUT2D eigenvalue weighted by molar-refractivity contribution is 5.87. The molecule has 0 bridgehead atoms. The van der Waals surface area contributed by atoms with Gasteiger partial charge in [0.2, 0.25) is 5.82 Å². The molecule has 0 saturated heterocycles. The van der Waals surface area contributed by atoms with Gasteiger partial charge in [-0.1, -0.05) is 0 Å². The van der Waals surface area contributed by atoms with E-state index in [1.54, 1.807) is 6.07 Å². The van der Waals surface area contributed by atoms with Crippen molar-refractivity contribution in [2.24, 2.45) is 0 Å². The number of nitrogens with zero attached hydrogens (tertiary/aromatic N) is 4. The van der Waals surface area contributed by atoms with Crippen LogP contribution in [0.4, 0.5) is 0 Å². The normalized spacial score (nSPS) is 11.4. The molecule has 3 N–H and O–H groups in total. The van der Waals surface area contributed by atoms with Crippen molar-refractivity contribution < 1.29 is 0 Å². The first kappa shape index (κ1) is 14.5. The molecule has 3 heterocycles. The zero-order valence-corrected chi connectivity index (χ0v) is 13.7. The van der Waals surface area contributed by atoms with Crippen molar-refractivity contribution in [1.29, 1.82) is 0 Å². The lowest BCUT2D eigenvalue weighted by Gasteiger charge is -2.02.